The predicted molar refractivity (Wildman–Crippen MR) is 320 cm³/mol. The highest BCUT2D eigenvalue weighted by atomic mass is 28.3. The van der Waals surface area contributed by atoms with Gasteiger partial charge in [-0.2, -0.15) is 0 Å². The third-order valence-corrected chi connectivity index (χ3v) is 21.0. The summed E-state index contributed by atoms with van der Waals surface area (Å²) in [5, 5.41) is 13.0. The van der Waals surface area contributed by atoms with Gasteiger partial charge in [0.2, 0.25) is 0 Å². The van der Waals surface area contributed by atoms with Crippen LogP contribution in [0.2, 0.25) is 39.3 Å². The van der Waals surface area contributed by atoms with E-state index in [1.807, 2.05) is 0 Å². The smallest absolute Gasteiger partial charge is 0.168 e. The maximum absolute atomic E-state index is 4.94. The number of unbranched alkanes of at least 4 members (excludes halogenated alkanes) is 4. The number of nitrogens with zero attached hydrogens (tertiary/aromatic N) is 3. The van der Waals surface area contributed by atoms with Crippen LogP contribution in [0.4, 0.5) is 0 Å². The van der Waals surface area contributed by atoms with Gasteiger partial charge in [0.25, 0.3) is 0 Å². The van der Waals surface area contributed by atoms with Gasteiger partial charge in [-0.05, 0) is 117 Å². The quantitative estimate of drug-likeness (QED) is 0.0756. The first kappa shape index (κ1) is 50.6. The van der Waals surface area contributed by atoms with Crippen molar-refractivity contribution in [3.8, 4) is 73.0 Å². The summed E-state index contributed by atoms with van der Waals surface area (Å²) in [5.74, 6) is 1.66. The van der Waals surface area contributed by atoms with Crippen molar-refractivity contribution in [1.82, 2.24) is 14.8 Å². The Bertz CT molecular complexity index is 3020. The number of aromatic nitrogens is 3. The minimum absolute atomic E-state index is 0.0794. The molecule has 0 amide bonds. The standard InChI is InChI=1S/C68H79N3Si2/c1-11-15-40-67(41-16-12-2)61-38-32-52(44-59(61)57-36-34-55(46-63(57)67)72(5,6)7)48-24-28-50(29-25-48)65-69-70-66(71(65)54-22-20-19-21-23-54)51-30-26-49(27-31-51)53-33-39-62-60(45-53)58-37-35-56(73(8,9)10)47-64(58)68(62,42-17-13-3)43-18-14-4/h19-39,44-47H,11-18,40-43H2,1-10H3. The third-order valence-electron chi connectivity index (χ3n) is 16.9. The lowest BCUT2D eigenvalue weighted by Crippen LogP contribution is -2.38. The minimum Gasteiger partial charge on any atom is -0.275 e. The molecule has 0 spiro atoms. The van der Waals surface area contributed by atoms with Crippen LogP contribution in [-0.2, 0) is 10.8 Å². The van der Waals surface area contributed by atoms with Crippen molar-refractivity contribution < 1.29 is 0 Å². The molecule has 8 aromatic rings. The second-order valence-corrected chi connectivity index (χ2v) is 33.9. The Morgan fingerprint density at radius 2 is 0.712 bits per heavy atom. The highest BCUT2D eigenvalue weighted by molar-refractivity contribution is 6.89. The largest absolute Gasteiger partial charge is 0.275 e. The molecule has 5 heteroatoms. The maximum Gasteiger partial charge on any atom is 0.168 e. The molecular weight excluding hydrogens is 915 g/mol. The molecule has 0 radical (unpaired) electrons. The maximum atomic E-state index is 4.94. The fourth-order valence-corrected chi connectivity index (χ4v) is 15.0. The van der Waals surface area contributed by atoms with E-state index in [-0.39, 0.29) is 10.8 Å². The lowest BCUT2D eigenvalue weighted by molar-refractivity contribution is 0.414. The molecule has 2 aliphatic carbocycles. The Labute approximate surface area is 440 Å². The summed E-state index contributed by atoms with van der Waals surface area (Å²) in [5.41, 5.74) is 20.2. The average molecular weight is 995 g/mol. The van der Waals surface area contributed by atoms with E-state index in [0.717, 1.165) is 28.5 Å². The molecule has 2 aliphatic rings. The van der Waals surface area contributed by atoms with Crippen molar-refractivity contribution in [1.29, 1.82) is 0 Å². The van der Waals surface area contributed by atoms with Crippen molar-refractivity contribution in [3.63, 3.8) is 0 Å². The van der Waals surface area contributed by atoms with Gasteiger partial charge in [0.15, 0.2) is 11.6 Å². The highest BCUT2D eigenvalue weighted by Gasteiger charge is 2.44. The second kappa shape index (κ2) is 20.4. The Morgan fingerprint density at radius 1 is 0.356 bits per heavy atom. The van der Waals surface area contributed by atoms with Crippen molar-refractivity contribution in [3.05, 3.63) is 174 Å². The average Bonchev–Trinajstić information content (AvgIpc) is 4.05. The Hall–Kier alpha value is -5.89. The fourth-order valence-electron chi connectivity index (χ4n) is 12.6. The van der Waals surface area contributed by atoms with Crippen LogP contribution in [0.25, 0.3) is 73.0 Å². The van der Waals surface area contributed by atoms with Gasteiger partial charge in [-0.1, -0.05) is 256 Å². The minimum atomic E-state index is -1.50. The van der Waals surface area contributed by atoms with E-state index in [4.69, 9.17) is 10.2 Å². The van der Waals surface area contributed by atoms with E-state index >= 15 is 0 Å². The van der Waals surface area contributed by atoms with Gasteiger partial charge >= 0.3 is 0 Å². The van der Waals surface area contributed by atoms with E-state index in [0.29, 0.717) is 0 Å². The summed E-state index contributed by atoms with van der Waals surface area (Å²) in [7, 11) is -3.00. The van der Waals surface area contributed by atoms with E-state index in [1.165, 1.54) is 133 Å². The van der Waals surface area contributed by atoms with Crippen molar-refractivity contribution in [2.45, 2.75) is 155 Å². The fraction of sp³-hybridized carbons (Fsp3) is 0.353. The zero-order valence-electron chi connectivity index (χ0n) is 45.8. The van der Waals surface area contributed by atoms with E-state index in [9.17, 15) is 0 Å². The molecule has 0 bridgehead atoms. The third kappa shape index (κ3) is 9.28. The number of rotatable bonds is 19. The molecule has 1 heterocycles. The zero-order valence-corrected chi connectivity index (χ0v) is 47.8. The van der Waals surface area contributed by atoms with Crippen LogP contribution in [0, 0.1) is 0 Å². The van der Waals surface area contributed by atoms with Crippen LogP contribution in [0.3, 0.4) is 0 Å². The lowest BCUT2D eigenvalue weighted by atomic mass is 9.71. The second-order valence-electron chi connectivity index (χ2n) is 23.8. The first-order chi connectivity index (χ1) is 35.2. The summed E-state index contributed by atoms with van der Waals surface area (Å²) in [6, 6.07) is 58.5. The first-order valence-corrected chi connectivity index (χ1v) is 35.1. The Morgan fingerprint density at radius 3 is 1.07 bits per heavy atom. The van der Waals surface area contributed by atoms with Crippen LogP contribution >= 0.6 is 0 Å². The van der Waals surface area contributed by atoms with Crippen LogP contribution < -0.4 is 10.4 Å². The molecule has 0 atom stereocenters. The highest BCUT2D eigenvalue weighted by Crippen LogP contribution is 2.56. The topological polar surface area (TPSA) is 30.7 Å². The van der Waals surface area contributed by atoms with Crippen molar-refractivity contribution in [2.75, 3.05) is 0 Å². The molecule has 7 aromatic carbocycles. The van der Waals surface area contributed by atoms with Gasteiger partial charge in [0.05, 0.1) is 16.1 Å². The molecule has 0 saturated heterocycles. The van der Waals surface area contributed by atoms with E-state index in [2.05, 4.69) is 223 Å². The summed E-state index contributed by atoms with van der Waals surface area (Å²) >= 11 is 0. The molecule has 0 unspecified atom stereocenters. The number of hydrogen-bond donors (Lipinski definition) is 0. The van der Waals surface area contributed by atoms with Gasteiger partial charge in [-0.3, -0.25) is 4.57 Å². The predicted octanol–water partition coefficient (Wildman–Crippen LogP) is 18.3. The monoisotopic (exact) mass is 994 g/mol. The molecule has 10 rings (SSSR count). The zero-order chi connectivity index (χ0) is 51.1. The van der Waals surface area contributed by atoms with Crippen molar-refractivity contribution in [2.24, 2.45) is 0 Å². The van der Waals surface area contributed by atoms with Gasteiger partial charge in [0, 0.05) is 27.6 Å². The van der Waals surface area contributed by atoms with Crippen LogP contribution in [-0.4, -0.2) is 30.9 Å². The summed E-state index contributed by atoms with van der Waals surface area (Å²) in [6.07, 6.45) is 14.7. The summed E-state index contributed by atoms with van der Waals surface area (Å²) in [6.45, 7) is 24.3. The van der Waals surface area contributed by atoms with Crippen LogP contribution in [0.1, 0.15) is 127 Å². The molecule has 0 fully saturated rings. The normalized spacial score (nSPS) is 14.2. The van der Waals surface area contributed by atoms with Gasteiger partial charge in [-0.15, -0.1) is 10.2 Å². The summed E-state index contributed by atoms with van der Waals surface area (Å²) < 4.78 is 2.23. The molecule has 1 aromatic heterocycles. The van der Waals surface area contributed by atoms with Gasteiger partial charge < -0.3 is 0 Å². The molecule has 73 heavy (non-hydrogen) atoms. The number of para-hydroxylation sites is 1. The molecule has 3 nitrogen and oxygen atoms in total. The van der Waals surface area contributed by atoms with Crippen LogP contribution in [0.15, 0.2) is 152 Å². The van der Waals surface area contributed by atoms with Gasteiger partial charge in [-0.25, -0.2) is 0 Å². The molecule has 374 valence electrons. The summed E-state index contributed by atoms with van der Waals surface area (Å²) in [4.78, 5) is 0. The van der Waals surface area contributed by atoms with E-state index < -0.39 is 16.1 Å². The molecule has 0 aliphatic heterocycles. The molecule has 0 saturated carbocycles. The lowest BCUT2D eigenvalue weighted by Gasteiger charge is -2.33. The number of fused-ring (bicyclic) bond motifs is 6. The molecule has 0 N–H and O–H groups in total. The van der Waals surface area contributed by atoms with Crippen molar-refractivity contribution >= 4 is 26.5 Å². The van der Waals surface area contributed by atoms with Gasteiger partial charge in [0.1, 0.15) is 0 Å². The molecular formula is C68H79N3Si2. The van der Waals surface area contributed by atoms with Crippen LogP contribution in [0.5, 0.6) is 0 Å². The number of hydrogen-bond acceptors (Lipinski definition) is 2. The van der Waals surface area contributed by atoms with E-state index in [1.54, 1.807) is 21.5 Å². The Kier molecular flexibility index (Phi) is 14.2. The number of benzene rings is 7. The first-order valence-electron chi connectivity index (χ1n) is 28.1. The SMILES string of the molecule is CCCCC1(CCCC)c2ccc(-c3ccc(-c4nnc(-c5ccc(-c6ccc7c(c6)-c6ccc([Si](C)(C)C)cc6C7(CCCC)CCCC)cc5)n4-c4ccccc4)cc3)cc2-c2ccc([Si](C)(C)C)cc21. The Balaban J connectivity index is 0.982.